The molecule has 0 spiro atoms. The summed E-state index contributed by atoms with van der Waals surface area (Å²) >= 11 is 0. The maximum Gasteiger partial charge on any atom is 0.143 e. The molecule has 3 aromatic carbocycles. The molecule has 7 heteroatoms. The third-order valence-corrected chi connectivity index (χ3v) is 7.09. The molecule has 242 valence electrons. The van der Waals surface area contributed by atoms with Crippen molar-refractivity contribution in [3.05, 3.63) is 108 Å². The Morgan fingerprint density at radius 1 is 0.364 bits per heavy atom. The van der Waals surface area contributed by atoms with E-state index < -0.39 is 5.60 Å². The third-order valence-electron chi connectivity index (χ3n) is 7.09. The van der Waals surface area contributed by atoms with E-state index in [0.29, 0.717) is 79.3 Å². The van der Waals surface area contributed by atoms with Gasteiger partial charge in [0.15, 0.2) is 0 Å². The number of hydrogen-bond acceptors (Lipinski definition) is 7. The summed E-state index contributed by atoms with van der Waals surface area (Å²) in [6.07, 6.45) is 4.90. The van der Waals surface area contributed by atoms with Gasteiger partial charge in [0.25, 0.3) is 0 Å². The van der Waals surface area contributed by atoms with E-state index in [9.17, 15) is 0 Å². The Hall–Kier alpha value is -2.62. The maximum absolute atomic E-state index is 6.72. The summed E-state index contributed by atoms with van der Waals surface area (Å²) in [4.78, 5) is 0. The zero-order chi connectivity index (χ0) is 30.8. The molecule has 3 rings (SSSR count). The van der Waals surface area contributed by atoms with Crippen molar-refractivity contribution in [1.29, 1.82) is 0 Å². The Morgan fingerprint density at radius 3 is 1.02 bits per heavy atom. The largest absolute Gasteiger partial charge is 0.379 e. The summed E-state index contributed by atoms with van der Waals surface area (Å²) < 4.78 is 40.4. The lowest BCUT2D eigenvalue weighted by atomic mass is 9.80. The van der Waals surface area contributed by atoms with Gasteiger partial charge in [-0.05, 0) is 23.1 Å². The molecule has 0 aliphatic rings. The zero-order valence-electron chi connectivity index (χ0n) is 26.5. The standard InChI is InChI=1S/C37H52O7/c1-2-3-4-14-21-38-22-23-39-24-25-40-26-27-41-28-29-42-30-31-43-32-33-44-37(34-15-8-5-9-16-34,35-17-10-6-11-18-35)36-19-12-7-13-20-36/h5-13,15-20H,2-4,14,21-33H2,1H3. The van der Waals surface area contributed by atoms with Crippen LogP contribution < -0.4 is 0 Å². The van der Waals surface area contributed by atoms with Crippen molar-refractivity contribution in [2.24, 2.45) is 0 Å². The van der Waals surface area contributed by atoms with E-state index in [-0.39, 0.29) is 0 Å². The molecule has 0 fully saturated rings. The number of unbranched alkanes of at least 4 members (excludes halogenated alkanes) is 3. The highest BCUT2D eigenvalue weighted by molar-refractivity contribution is 5.47. The fraction of sp³-hybridized carbons (Fsp3) is 0.514. The van der Waals surface area contributed by atoms with E-state index >= 15 is 0 Å². The summed E-state index contributed by atoms with van der Waals surface area (Å²) in [6, 6.07) is 31.1. The third kappa shape index (κ3) is 13.6. The zero-order valence-corrected chi connectivity index (χ0v) is 26.5. The predicted octanol–water partition coefficient (Wildman–Crippen LogP) is 6.68. The Morgan fingerprint density at radius 2 is 0.682 bits per heavy atom. The van der Waals surface area contributed by atoms with Gasteiger partial charge in [-0.3, -0.25) is 0 Å². The summed E-state index contributed by atoms with van der Waals surface area (Å²) in [5.41, 5.74) is 2.50. The number of rotatable bonds is 27. The molecule has 44 heavy (non-hydrogen) atoms. The first-order chi connectivity index (χ1) is 21.9. The molecule has 0 saturated heterocycles. The van der Waals surface area contributed by atoms with Crippen LogP contribution in [0.5, 0.6) is 0 Å². The van der Waals surface area contributed by atoms with E-state index in [1.54, 1.807) is 0 Å². The summed E-state index contributed by atoms with van der Waals surface area (Å²) in [6.45, 7) is 9.40. The number of hydrogen-bond donors (Lipinski definition) is 0. The first-order valence-electron chi connectivity index (χ1n) is 16.1. The molecular weight excluding hydrogens is 556 g/mol. The molecule has 7 nitrogen and oxygen atoms in total. The lowest BCUT2D eigenvalue weighted by molar-refractivity contribution is -0.0395. The van der Waals surface area contributed by atoms with Crippen molar-refractivity contribution >= 4 is 0 Å². The molecule has 0 amide bonds. The van der Waals surface area contributed by atoms with Crippen molar-refractivity contribution in [3.8, 4) is 0 Å². The summed E-state index contributed by atoms with van der Waals surface area (Å²) in [5.74, 6) is 0. The summed E-state index contributed by atoms with van der Waals surface area (Å²) in [7, 11) is 0. The topological polar surface area (TPSA) is 64.6 Å². The van der Waals surface area contributed by atoms with E-state index in [1.807, 2.05) is 18.2 Å². The molecule has 0 radical (unpaired) electrons. The van der Waals surface area contributed by atoms with Crippen LogP contribution in [0.1, 0.15) is 49.3 Å². The van der Waals surface area contributed by atoms with Gasteiger partial charge >= 0.3 is 0 Å². The molecule has 3 aromatic rings. The average Bonchev–Trinajstić information content (AvgIpc) is 3.08. The fourth-order valence-electron chi connectivity index (χ4n) is 4.85. The van der Waals surface area contributed by atoms with Gasteiger partial charge in [0.05, 0.1) is 79.3 Å². The smallest absolute Gasteiger partial charge is 0.143 e. The Bertz CT molecular complexity index is 953. The van der Waals surface area contributed by atoms with Gasteiger partial charge in [-0.25, -0.2) is 0 Å². The minimum absolute atomic E-state index is 0.430. The molecule has 0 aliphatic heterocycles. The number of benzene rings is 3. The van der Waals surface area contributed by atoms with Crippen molar-refractivity contribution in [1.82, 2.24) is 0 Å². The van der Waals surface area contributed by atoms with Crippen molar-refractivity contribution < 1.29 is 33.2 Å². The van der Waals surface area contributed by atoms with Gasteiger partial charge in [0, 0.05) is 6.61 Å². The molecule has 0 heterocycles. The molecule has 0 unspecified atom stereocenters. The van der Waals surface area contributed by atoms with E-state index in [4.69, 9.17) is 33.2 Å². The van der Waals surface area contributed by atoms with Crippen LogP contribution in [0.3, 0.4) is 0 Å². The second kappa shape index (κ2) is 23.7. The molecule has 0 saturated carbocycles. The predicted molar refractivity (Wildman–Crippen MR) is 174 cm³/mol. The van der Waals surface area contributed by atoms with E-state index in [1.165, 1.54) is 19.3 Å². The van der Waals surface area contributed by atoms with Crippen LogP contribution in [0, 0.1) is 0 Å². The maximum atomic E-state index is 6.72. The van der Waals surface area contributed by atoms with Gasteiger partial charge < -0.3 is 33.2 Å². The van der Waals surface area contributed by atoms with Crippen molar-refractivity contribution in [2.75, 3.05) is 85.9 Å². The van der Waals surface area contributed by atoms with Gasteiger partial charge in [-0.15, -0.1) is 0 Å². The van der Waals surface area contributed by atoms with E-state index in [0.717, 1.165) is 29.7 Å². The van der Waals surface area contributed by atoms with Gasteiger partial charge in [0.1, 0.15) is 5.60 Å². The van der Waals surface area contributed by atoms with Crippen molar-refractivity contribution in [2.45, 2.75) is 38.2 Å². The van der Waals surface area contributed by atoms with Crippen LogP contribution in [0.15, 0.2) is 91.0 Å². The first-order valence-corrected chi connectivity index (χ1v) is 16.1. The van der Waals surface area contributed by atoms with Crippen LogP contribution >= 0.6 is 0 Å². The van der Waals surface area contributed by atoms with Gasteiger partial charge in [-0.1, -0.05) is 117 Å². The highest BCUT2D eigenvalue weighted by atomic mass is 16.6. The summed E-state index contributed by atoms with van der Waals surface area (Å²) in [5, 5.41) is 0. The van der Waals surface area contributed by atoms with Crippen LogP contribution in [-0.4, -0.2) is 85.9 Å². The molecule has 0 atom stereocenters. The lowest BCUT2D eigenvalue weighted by Gasteiger charge is -2.36. The molecule has 0 N–H and O–H groups in total. The van der Waals surface area contributed by atoms with E-state index in [2.05, 4.69) is 79.7 Å². The van der Waals surface area contributed by atoms with Crippen molar-refractivity contribution in [3.63, 3.8) is 0 Å². The molecule has 0 aromatic heterocycles. The fourth-order valence-corrected chi connectivity index (χ4v) is 4.85. The molecule has 0 aliphatic carbocycles. The average molecular weight is 609 g/mol. The first kappa shape index (κ1) is 35.9. The highest BCUT2D eigenvalue weighted by Gasteiger charge is 2.37. The highest BCUT2D eigenvalue weighted by Crippen LogP contribution is 2.40. The quantitative estimate of drug-likeness (QED) is 0.0707. The van der Waals surface area contributed by atoms with Gasteiger partial charge in [-0.2, -0.15) is 0 Å². The molecular formula is C37H52O7. The monoisotopic (exact) mass is 608 g/mol. The Kier molecular flexibility index (Phi) is 19.3. The SMILES string of the molecule is CCCCCCOCCOCCOCCOCCOCCOCCOC(c1ccccc1)(c1ccccc1)c1ccccc1. The molecule has 0 bridgehead atoms. The lowest BCUT2D eigenvalue weighted by Crippen LogP contribution is -2.34. The Balaban J connectivity index is 1.21. The van der Waals surface area contributed by atoms with Crippen LogP contribution in [0.2, 0.25) is 0 Å². The Labute approximate surface area is 264 Å². The number of ether oxygens (including phenoxy) is 7. The second-order valence-corrected chi connectivity index (χ2v) is 10.4. The van der Waals surface area contributed by atoms with Crippen LogP contribution in [-0.2, 0) is 38.8 Å². The minimum atomic E-state index is -0.736. The van der Waals surface area contributed by atoms with Gasteiger partial charge in [0.2, 0.25) is 0 Å². The minimum Gasteiger partial charge on any atom is -0.379 e. The van der Waals surface area contributed by atoms with Crippen LogP contribution in [0.25, 0.3) is 0 Å². The van der Waals surface area contributed by atoms with Crippen LogP contribution in [0.4, 0.5) is 0 Å². The second-order valence-electron chi connectivity index (χ2n) is 10.4. The normalized spacial score (nSPS) is 11.7.